The molecule has 1 saturated heterocycles. The average molecular weight is 513 g/mol. The second kappa shape index (κ2) is 10.2. The highest BCUT2D eigenvalue weighted by molar-refractivity contribution is 6.51. The molecule has 0 spiro atoms. The van der Waals surface area contributed by atoms with E-state index in [1.807, 2.05) is 43.1 Å². The molecule has 0 bridgehead atoms. The first-order valence-electron chi connectivity index (χ1n) is 12.8. The molecule has 1 atom stereocenters. The quantitative estimate of drug-likeness (QED) is 0.268. The predicted octanol–water partition coefficient (Wildman–Crippen LogP) is 5.48. The maximum Gasteiger partial charge on any atom is 0.300 e. The highest BCUT2D eigenvalue weighted by atomic mass is 16.5. The van der Waals surface area contributed by atoms with Gasteiger partial charge in [0, 0.05) is 18.3 Å². The lowest BCUT2D eigenvalue weighted by Gasteiger charge is -2.28. The van der Waals surface area contributed by atoms with Crippen molar-refractivity contribution in [1.82, 2.24) is 0 Å². The Kier molecular flexibility index (Phi) is 6.85. The second-order valence-corrected chi connectivity index (χ2v) is 10.2. The van der Waals surface area contributed by atoms with Gasteiger partial charge in [0.1, 0.15) is 23.9 Å². The van der Waals surface area contributed by atoms with E-state index in [1.54, 1.807) is 42.5 Å². The van der Waals surface area contributed by atoms with Gasteiger partial charge in [-0.15, -0.1) is 0 Å². The summed E-state index contributed by atoms with van der Waals surface area (Å²) in [6.45, 7) is 7.95. The van der Waals surface area contributed by atoms with Crippen molar-refractivity contribution in [3.63, 3.8) is 0 Å². The fourth-order valence-electron chi connectivity index (χ4n) is 4.91. The van der Waals surface area contributed by atoms with Gasteiger partial charge in [-0.25, -0.2) is 0 Å². The first kappa shape index (κ1) is 25.4. The number of aliphatic hydroxyl groups excluding tert-OH is 1. The number of hydrogen-bond donors (Lipinski definition) is 1. The molecule has 0 aliphatic carbocycles. The van der Waals surface area contributed by atoms with Crippen molar-refractivity contribution in [2.75, 3.05) is 36.6 Å². The zero-order valence-electron chi connectivity index (χ0n) is 22.1. The molecule has 2 heterocycles. The van der Waals surface area contributed by atoms with Crippen molar-refractivity contribution in [2.45, 2.75) is 26.8 Å². The summed E-state index contributed by atoms with van der Waals surface area (Å²) in [5, 5.41) is 11.6. The van der Waals surface area contributed by atoms with E-state index in [1.165, 1.54) is 4.90 Å². The van der Waals surface area contributed by atoms with Crippen molar-refractivity contribution < 1.29 is 24.2 Å². The summed E-state index contributed by atoms with van der Waals surface area (Å²) in [5.74, 6) is 0.159. The van der Waals surface area contributed by atoms with Crippen LogP contribution in [0.4, 0.5) is 11.4 Å². The molecule has 38 heavy (non-hydrogen) atoms. The summed E-state index contributed by atoms with van der Waals surface area (Å²) >= 11 is 0. The van der Waals surface area contributed by atoms with Crippen LogP contribution in [-0.4, -0.2) is 43.6 Å². The Morgan fingerprint density at radius 1 is 1.08 bits per heavy atom. The van der Waals surface area contributed by atoms with Crippen molar-refractivity contribution in [3.8, 4) is 11.5 Å². The van der Waals surface area contributed by atoms with E-state index < -0.39 is 17.7 Å². The summed E-state index contributed by atoms with van der Waals surface area (Å²) in [6.07, 6.45) is 0. The van der Waals surface area contributed by atoms with Gasteiger partial charge in [0.2, 0.25) is 0 Å². The highest BCUT2D eigenvalue weighted by Crippen LogP contribution is 2.44. The number of carbonyl (C=O) groups is 2. The number of Topliss-reactive ketones (excluding diaryl/α,β-unsaturated/α-hetero) is 1. The Morgan fingerprint density at radius 2 is 1.82 bits per heavy atom. The number of rotatable bonds is 6. The fraction of sp³-hybridized carbons (Fsp3) is 0.290. The molecule has 7 nitrogen and oxygen atoms in total. The lowest BCUT2D eigenvalue weighted by atomic mass is 9.92. The minimum Gasteiger partial charge on any atom is -0.507 e. The molecular weight excluding hydrogens is 480 g/mol. The second-order valence-electron chi connectivity index (χ2n) is 10.2. The van der Waals surface area contributed by atoms with Crippen LogP contribution in [0.1, 0.15) is 36.6 Å². The Balaban J connectivity index is 1.62. The van der Waals surface area contributed by atoms with E-state index in [9.17, 15) is 14.7 Å². The largest absolute Gasteiger partial charge is 0.507 e. The zero-order chi connectivity index (χ0) is 27.0. The van der Waals surface area contributed by atoms with Crippen LogP contribution in [-0.2, 0) is 9.59 Å². The standard InChI is InChI=1S/C31H32N2O5/c1-19(2)18-38-23-12-10-22(11-13-23)33-28(24-8-6-5-7-20(24)3)27(30(35)31(33)36)29(34)21-9-14-26-25(17-21)32(4)15-16-37-26/h5-14,17,19,28,34H,15-16,18H2,1-4H3/b29-27+. The first-order chi connectivity index (χ1) is 18.3. The van der Waals surface area contributed by atoms with Gasteiger partial charge in [-0.3, -0.25) is 14.5 Å². The number of carbonyl (C=O) groups excluding carboxylic acids is 2. The van der Waals surface area contributed by atoms with Crippen LogP contribution >= 0.6 is 0 Å². The number of fused-ring (bicyclic) bond motifs is 1. The molecule has 0 saturated carbocycles. The van der Waals surface area contributed by atoms with Crippen LogP contribution in [0.3, 0.4) is 0 Å². The van der Waals surface area contributed by atoms with Crippen molar-refractivity contribution in [1.29, 1.82) is 0 Å². The average Bonchev–Trinajstić information content (AvgIpc) is 3.17. The number of ether oxygens (including phenoxy) is 2. The molecule has 2 aliphatic rings. The third kappa shape index (κ3) is 4.60. The van der Waals surface area contributed by atoms with E-state index in [4.69, 9.17) is 9.47 Å². The van der Waals surface area contributed by atoms with Crippen LogP contribution in [0.25, 0.3) is 5.76 Å². The molecule has 0 radical (unpaired) electrons. The van der Waals surface area contributed by atoms with Crippen molar-refractivity contribution >= 4 is 28.8 Å². The number of hydrogen-bond acceptors (Lipinski definition) is 6. The zero-order valence-corrected chi connectivity index (χ0v) is 22.1. The molecule has 2 aliphatic heterocycles. The molecule has 3 aromatic rings. The minimum atomic E-state index is -0.788. The lowest BCUT2D eigenvalue weighted by molar-refractivity contribution is -0.132. The molecule has 1 N–H and O–H groups in total. The predicted molar refractivity (Wildman–Crippen MR) is 148 cm³/mol. The summed E-state index contributed by atoms with van der Waals surface area (Å²) in [4.78, 5) is 30.5. The number of likely N-dealkylation sites (N-methyl/N-ethyl adjacent to an activating group) is 1. The molecule has 1 fully saturated rings. The number of nitrogens with zero attached hydrogens (tertiary/aromatic N) is 2. The van der Waals surface area contributed by atoms with Crippen LogP contribution in [0.15, 0.2) is 72.3 Å². The van der Waals surface area contributed by atoms with Gasteiger partial charge in [0.05, 0.1) is 30.5 Å². The summed E-state index contributed by atoms with van der Waals surface area (Å²) in [5.41, 5.74) is 3.56. The van der Waals surface area contributed by atoms with Crippen LogP contribution in [0.5, 0.6) is 11.5 Å². The monoisotopic (exact) mass is 512 g/mol. The Labute approximate surface area is 222 Å². The molecular formula is C31H32N2O5. The molecule has 1 unspecified atom stereocenters. The minimum absolute atomic E-state index is 0.0590. The van der Waals surface area contributed by atoms with Crippen molar-refractivity contribution in [2.24, 2.45) is 5.92 Å². The third-order valence-corrected chi connectivity index (χ3v) is 6.95. The normalized spacial score (nSPS) is 18.5. The SMILES string of the molecule is Cc1ccccc1C1/C(=C(\O)c2ccc3c(c2)N(C)CCO3)C(=O)C(=O)N1c1ccc(OCC(C)C)cc1. The van der Waals surface area contributed by atoms with Gasteiger partial charge in [-0.05, 0) is 66.4 Å². The summed E-state index contributed by atoms with van der Waals surface area (Å²) in [7, 11) is 1.95. The summed E-state index contributed by atoms with van der Waals surface area (Å²) in [6, 6.07) is 19.3. The number of aliphatic hydroxyl groups is 1. The Hall–Kier alpha value is -4.26. The first-order valence-corrected chi connectivity index (χ1v) is 12.8. The van der Waals surface area contributed by atoms with E-state index in [0.29, 0.717) is 48.4 Å². The van der Waals surface area contributed by atoms with Crippen LogP contribution < -0.4 is 19.3 Å². The number of anilines is 2. The van der Waals surface area contributed by atoms with Gasteiger partial charge in [-0.2, -0.15) is 0 Å². The van der Waals surface area contributed by atoms with E-state index in [0.717, 1.165) is 16.8 Å². The molecule has 5 rings (SSSR count). The van der Waals surface area contributed by atoms with Gasteiger partial charge >= 0.3 is 0 Å². The topological polar surface area (TPSA) is 79.3 Å². The van der Waals surface area contributed by atoms with Crippen LogP contribution in [0, 0.1) is 12.8 Å². The maximum atomic E-state index is 13.5. The van der Waals surface area contributed by atoms with Crippen LogP contribution in [0.2, 0.25) is 0 Å². The number of amides is 1. The van der Waals surface area contributed by atoms with Gasteiger partial charge in [-0.1, -0.05) is 38.1 Å². The van der Waals surface area contributed by atoms with E-state index in [-0.39, 0.29) is 11.3 Å². The molecule has 1 amide bonds. The van der Waals surface area contributed by atoms with Gasteiger partial charge in [0.15, 0.2) is 0 Å². The molecule has 0 aromatic heterocycles. The smallest absolute Gasteiger partial charge is 0.300 e. The number of benzene rings is 3. The molecule has 3 aromatic carbocycles. The third-order valence-electron chi connectivity index (χ3n) is 6.95. The maximum absolute atomic E-state index is 13.5. The fourth-order valence-corrected chi connectivity index (χ4v) is 4.91. The molecule has 196 valence electrons. The molecule has 7 heteroatoms. The number of ketones is 1. The van der Waals surface area contributed by atoms with E-state index >= 15 is 0 Å². The van der Waals surface area contributed by atoms with Gasteiger partial charge < -0.3 is 19.5 Å². The Morgan fingerprint density at radius 3 is 2.53 bits per heavy atom. The van der Waals surface area contributed by atoms with Crippen molar-refractivity contribution in [3.05, 3.63) is 89.0 Å². The van der Waals surface area contributed by atoms with Gasteiger partial charge in [0.25, 0.3) is 11.7 Å². The Bertz CT molecular complexity index is 1410. The number of aryl methyl sites for hydroxylation is 1. The summed E-state index contributed by atoms with van der Waals surface area (Å²) < 4.78 is 11.5. The lowest BCUT2D eigenvalue weighted by Crippen LogP contribution is -2.29. The highest BCUT2D eigenvalue weighted by Gasteiger charge is 2.47. The van der Waals surface area contributed by atoms with E-state index in [2.05, 4.69) is 13.8 Å².